The first-order valence-corrected chi connectivity index (χ1v) is 6.98. The van der Waals surface area contributed by atoms with E-state index >= 15 is 0 Å². The quantitative estimate of drug-likeness (QED) is 0.845. The van der Waals surface area contributed by atoms with Crippen molar-refractivity contribution in [2.45, 2.75) is 9.96 Å². The van der Waals surface area contributed by atoms with Crippen molar-refractivity contribution >= 4 is 40.4 Å². The molecule has 5 heteroatoms. The van der Waals surface area contributed by atoms with E-state index in [0.717, 1.165) is 9.96 Å². The van der Waals surface area contributed by atoms with Gasteiger partial charge in [-0.1, -0.05) is 6.07 Å². The minimum absolute atomic E-state index is 0.418. The Morgan fingerprint density at radius 1 is 1.33 bits per heavy atom. The summed E-state index contributed by atoms with van der Waals surface area (Å²) in [6.07, 6.45) is 0. The zero-order valence-corrected chi connectivity index (χ0v) is 10.1. The van der Waals surface area contributed by atoms with Crippen LogP contribution >= 0.6 is 34.4 Å². The molecule has 2 aromatic rings. The van der Waals surface area contributed by atoms with Gasteiger partial charge in [-0.2, -0.15) is 0 Å². The van der Waals surface area contributed by atoms with E-state index in [1.165, 1.54) is 16.2 Å². The number of hydrogen-bond acceptors (Lipinski definition) is 4. The Morgan fingerprint density at radius 3 is 2.87 bits per heavy atom. The first kappa shape index (κ1) is 10.7. The van der Waals surface area contributed by atoms with E-state index < -0.39 is 5.97 Å². The van der Waals surface area contributed by atoms with Crippen LogP contribution in [0.4, 0.5) is 0 Å². The smallest absolute Gasteiger partial charge is 0.337 e. The highest BCUT2D eigenvalue weighted by molar-refractivity contribution is 8.00. The van der Waals surface area contributed by atoms with Crippen molar-refractivity contribution in [1.82, 2.24) is 0 Å². The molecule has 0 amide bonds. The van der Waals surface area contributed by atoms with Crippen molar-refractivity contribution in [3.63, 3.8) is 0 Å². The Bertz CT molecular complexity index is 445. The summed E-state index contributed by atoms with van der Waals surface area (Å²) >= 11 is 4.77. The summed E-state index contributed by atoms with van der Waals surface area (Å²) in [5.41, 5.74) is 0.418. The Morgan fingerprint density at radius 2 is 2.20 bits per heavy atom. The number of hydrogen-bond donors (Lipinski definition) is 1. The maximum absolute atomic E-state index is 10.8. The fourth-order valence-electron chi connectivity index (χ4n) is 1.10. The number of carboxylic acids is 1. The van der Waals surface area contributed by atoms with Gasteiger partial charge in [0, 0.05) is 10.6 Å². The van der Waals surface area contributed by atoms with Gasteiger partial charge in [-0.05, 0) is 22.9 Å². The highest BCUT2D eigenvalue weighted by Gasteiger charge is 2.11. The fraction of sp³-hybridized carbons (Fsp3) is 0.100. The first-order chi connectivity index (χ1) is 7.27. The van der Waals surface area contributed by atoms with E-state index in [4.69, 9.17) is 5.11 Å². The molecule has 0 aliphatic rings. The van der Waals surface area contributed by atoms with Crippen LogP contribution in [0.25, 0.3) is 0 Å². The van der Waals surface area contributed by atoms with Crippen LogP contribution in [0.3, 0.4) is 0 Å². The number of thiophene rings is 2. The third kappa shape index (κ3) is 2.62. The van der Waals surface area contributed by atoms with Gasteiger partial charge in [0.25, 0.3) is 0 Å². The van der Waals surface area contributed by atoms with Gasteiger partial charge in [-0.25, -0.2) is 4.79 Å². The normalized spacial score (nSPS) is 10.4. The van der Waals surface area contributed by atoms with Crippen molar-refractivity contribution in [2.24, 2.45) is 0 Å². The summed E-state index contributed by atoms with van der Waals surface area (Å²) in [5.74, 6) is 0.00304. The molecular weight excluding hydrogens is 248 g/mol. The van der Waals surface area contributed by atoms with E-state index in [9.17, 15) is 4.79 Å². The lowest BCUT2D eigenvalue weighted by Gasteiger charge is -1.97. The van der Waals surface area contributed by atoms with E-state index in [1.807, 2.05) is 16.8 Å². The van der Waals surface area contributed by atoms with Crippen molar-refractivity contribution < 1.29 is 9.90 Å². The van der Waals surface area contributed by atoms with Crippen LogP contribution in [0.1, 0.15) is 15.2 Å². The molecule has 0 aromatic carbocycles. The van der Waals surface area contributed by atoms with Gasteiger partial charge in [0.15, 0.2) is 0 Å². The van der Waals surface area contributed by atoms with E-state index in [-0.39, 0.29) is 0 Å². The number of carbonyl (C=O) groups is 1. The summed E-state index contributed by atoms with van der Waals surface area (Å²) in [7, 11) is 0. The third-order valence-electron chi connectivity index (χ3n) is 1.79. The molecule has 0 fully saturated rings. The second kappa shape index (κ2) is 4.83. The predicted molar refractivity (Wildman–Crippen MR) is 65.2 cm³/mol. The first-order valence-electron chi connectivity index (χ1n) is 4.23. The number of carboxylic acid groups (broad SMARTS) is 1. The lowest BCUT2D eigenvalue weighted by Crippen LogP contribution is -1.94. The zero-order valence-electron chi connectivity index (χ0n) is 7.67. The summed E-state index contributed by atoms with van der Waals surface area (Å²) in [6, 6.07) is 5.72. The maximum atomic E-state index is 10.8. The summed E-state index contributed by atoms with van der Waals surface area (Å²) in [4.78, 5) is 12.1. The standard InChI is InChI=1S/C10H8O2S3/c11-9(12)8-3-5-14-10(8)15-6-7-2-1-4-13-7/h1-5H,6H2,(H,11,12). The summed E-state index contributed by atoms with van der Waals surface area (Å²) in [6.45, 7) is 0. The molecule has 0 saturated heterocycles. The van der Waals surface area contributed by atoms with E-state index in [0.29, 0.717) is 5.56 Å². The summed E-state index contributed by atoms with van der Waals surface area (Å²) < 4.78 is 0.885. The van der Waals surface area contributed by atoms with Crippen LogP contribution in [0.5, 0.6) is 0 Å². The molecule has 0 atom stereocenters. The minimum atomic E-state index is -0.843. The van der Waals surface area contributed by atoms with Gasteiger partial charge < -0.3 is 5.11 Å². The lowest BCUT2D eigenvalue weighted by atomic mass is 10.4. The predicted octanol–water partition coefficient (Wildman–Crippen LogP) is 3.80. The average Bonchev–Trinajstić information content (AvgIpc) is 2.86. The number of rotatable bonds is 4. The second-order valence-corrected chi connectivity index (χ2v) is 5.99. The van der Waals surface area contributed by atoms with Crippen LogP contribution in [0.2, 0.25) is 0 Å². The Kier molecular flexibility index (Phi) is 3.45. The van der Waals surface area contributed by atoms with E-state index in [1.54, 1.807) is 29.2 Å². The van der Waals surface area contributed by atoms with Crippen LogP contribution in [0.15, 0.2) is 33.2 Å². The van der Waals surface area contributed by atoms with Crippen LogP contribution < -0.4 is 0 Å². The van der Waals surface area contributed by atoms with Crippen LogP contribution in [0, 0.1) is 0 Å². The molecule has 2 rings (SSSR count). The van der Waals surface area contributed by atoms with Crippen molar-refractivity contribution in [3.8, 4) is 0 Å². The van der Waals surface area contributed by atoms with Gasteiger partial charge in [-0.3, -0.25) is 0 Å². The molecule has 1 N–H and O–H groups in total. The minimum Gasteiger partial charge on any atom is -0.478 e. The van der Waals surface area contributed by atoms with E-state index in [2.05, 4.69) is 6.07 Å². The Labute approximate surface area is 99.6 Å². The van der Waals surface area contributed by atoms with Gasteiger partial charge >= 0.3 is 5.97 Å². The van der Waals surface area contributed by atoms with Crippen LogP contribution in [-0.2, 0) is 5.75 Å². The van der Waals surface area contributed by atoms with Gasteiger partial charge in [-0.15, -0.1) is 34.4 Å². The van der Waals surface area contributed by atoms with Crippen molar-refractivity contribution in [1.29, 1.82) is 0 Å². The lowest BCUT2D eigenvalue weighted by molar-refractivity contribution is 0.0694. The van der Waals surface area contributed by atoms with Crippen LogP contribution in [-0.4, -0.2) is 11.1 Å². The van der Waals surface area contributed by atoms with Crippen molar-refractivity contribution in [2.75, 3.05) is 0 Å². The summed E-state index contributed by atoms with van der Waals surface area (Å²) in [5, 5.41) is 12.8. The molecule has 2 heterocycles. The highest BCUT2D eigenvalue weighted by Crippen LogP contribution is 2.32. The molecule has 0 bridgehead atoms. The average molecular weight is 256 g/mol. The second-order valence-electron chi connectivity index (χ2n) is 2.79. The fourth-order valence-corrected chi connectivity index (χ4v) is 3.94. The molecule has 2 aromatic heterocycles. The molecular formula is C10H8O2S3. The maximum Gasteiger partial charge on any atom is 0.337 e. The monoisotopic (exact) mass is 256 g/mol. The molecule has 0 aliphatic carbocycles. The molecule has 0 saturated carbocycles. The number of aromatic carboxylic acids is 1. The largest absolute Gasteiger partial charge is 0.478 e. The molecule has 2 nitrogen and oxygen atoms in total. The molecule has 78 valence electrons. The Hall–Kier alpha value is -0.780. The highest BCUT2D eigenvalue weighted by atomic mass is 32.2. The molecule has 0 radical (unpaired) electrons. The molecule has 15 heavy (non-hydrogen) atoms. The van der Waals surface area contributed by atoms with Crippen molar-refractivity contribution in [3.05, 3.63) is 39.4 Å². The number of thioether (sulfide) groups is 1. The van der Waals surface area contributed by atoms with Gasteiger partial charge in [0.05, 0.1) is 9.77 Å². The molecule has 0 unspecified atom stereocenters. The molecule has 0 aliphatic heterocycles. The van der Waals surface area contributed by atoms with Gasteiger partial charge in [0.2, 0.25) is 0 Å². The molecule has 0 spiro atoms. The SMILES string of the molecule is O=C(O)c1ccsc1SCc1cccs1. The topological polar surface area (TPSA) is 37.3 Å². The van der Waals surface area contributed by atoms with Gasteiger partial charge in [0.1, 0.15) is 0 Å². The third-order valence-corrected chi connectivity index (χ3v) is 5.13. The zero-order chi connectivity index (χ0) is 10.7. The Balaban J connectivity index is 2.05.